The zero-order valence-corrected chi connectivity index (χ0v) is 6.66. The Balaban J connectivity index is 2.96. The Hall–Kier alpha value is -0.590. The minimum absolute atomic E-state index is 0.189. The summed E-state index contributed by atoms with van der Waals surface area (Å²) < 4.78 is 4.98. The summed E-state index contributed by atoms with van der Waals surface area (Å²) in [5.74, 6) is 0.753. The van der Waals surface area contributed by atoms with E-state index >= 15 is 0 Å². The van der Waals surface area contributed by atoms with E-state index in [0.29, 0.717) is 0 Å². The first-order chi connectivity index (χ1) is 4.88. The summed E-state index contributed by atoms with van der Waals surface area (Å²) in [6, 6.07) is 7.43. The minimum Gasteiger partial charge on any atom is -0.496 e. The van der Waals surface area contributed by atoms with Crippen LogP contribution < -0.4 is 10.0 Å². The molecule has 0 fully saturated rings. The lowest BCUT2D eigenvalue weighted by Gasteiger charge is -2.02. The fourth-order valence-corrected chi connectivity index (χ4v) is 1.20. The average molecular weight is 156 g/mol. The van der Waals surface area contributed by atoms with Gasteiger partial charge in [0, 0.05) is 14.1 Å². The number of ether oxygens (including phenoxy) is 1. The van der Waals surface area contributed by atoms with Gasteiger partial charge in [-0.3, -0.25) is 0 Å². The van der Waals surface area contributed by atoms with Crippen LogP contribution in [-0.2, 0) is 0 Å². The van der Waals surface area contributed by atoms with Gasteiger partial charge in [-0.05, 0) is 12.1 Å². The van der Waals surface area contributed by atoms with Crippen LogP contribution in [0.15, 0.2) is 24.3 Å². The molecule has 0 amide bonds. The summed E-state index contributed by atoms with van der Waals surface area (Å²) in [6.07, 6.45) is 0. The topological polar surface area (TPSA) is 29.5 Å². The predicted octanol–water partition coefficient (Wildman–Crippen LogP) is 0.906. The van der Waals surface area contributed by atoms with E-state index in [1.54, 1.807) is 7.11 Å². The van der Waals surface area contributed by atoms with Crippen LogP contribution in [0.1, 0.15) is 0 Å². The number of hydrogen-bond acceptors (Lipinski definition) is 2. The first-order valence-corrected chi connectivity index (χ1v) is 3.86. The second kappa shape index (κ2) is 3.55. The van der Waals surface area contributed by atoms with Gasteiger partial charge in [-0.2, -0.15) is 0 Å². The Morgan fingerprint density at radius 3 is 2.60 bits per heavy atom. The van der Waals surface area contributed by atoms with Gasteiger partial charge in [-0.25, -0.2) is 0 Å². The quantitative estimate of drug-likeness (QED) is 0.645. The van der Waals surface area contributed by atoms with Crippen LogP contribution >= 0.6 is 8.81 Å². The first-order valence-electron chi connectivity index (χ1n) is 2.91. The van der Waals surface area contributed by atoms with Crippen molar-refractivity contribution in [2.45, 2.75) is 0 Å². The SMILES string of the molecule is COc1ccccc1PO. The molecule has 0 aromatic heterocycles. The molecular weight excluding hydrogens is 147 g/mol. The molecule has 0 spiro atoms. The van der Waals surface area contributed by atoms with Gasteiger partial charge in [0.05, 0.1) is 7.11 Å². The lowest BCUT2D eigenvalue weighted by molar-refractivity contribution is 0.418. The third kappa shape index (κ3) is 1.47. The Morgan fingerprint density at radius 2 is 2.10 bits per heavy atom. The van der Waals surface area contributed by atoms with Gasteiger partial charge in [0.2, 0.25) is 0 Å². The van der Waals surface area contributed by atoms with Crippen molar-refractivity contribution in [1.82, 2.24) is 0 Å². The molecule has 1 unspecified atom stereocenters. The van der Waals surface area contributed by atoms with E-state index in [4.69, 9.17) is 9.63 Å². The molecule has 0 aliphatic heterocycles. The van der Waals surface area contributed by atoms with Crippen LogP contribution in [0.25, 0.3) is 0 Å². The van der Waals surface area contributed by atoms with Crippen molar-refractivity contribution in [3.63, 3.8) is 0 Å². The van der Waals surface area contributed by atoms with Gasteiger partial charge in [0.1, 0.15) is 5.75 Å². The Kier molecular flexibility index (Phi) is 2.67. The monoisotopic (exact) mass is 156 g/mol. The molecule has 1 atom stereocenters. The smallest absolute Gasteiger partial charge is 0.128 e. The molecule has 10 heavy (non-hydrogen) atoms. The van der Waals surface area contributed by atoms with Gasteiger partial charge in [0.25, 0.3) is 0 Å². The first kappa shape index (κ1) is 7.52. The van der Waals surface area contributed by atoms with E-state index < -0.39 is 0 Å². The highest BCUT2D eigenvalue weighted by atomic mass is 31.1. The van der Waals surface area contributed by atoms with Gasteiger partial charge in [-0.1, -0.05) is 12.1 Å². The maximum Gasteiger partial charge on any atom is 0.128 e. The summed E-state index contributed by atoms with van der Waals surface area (Å²) in [5, 5.41) is 0.852. The zero-order chi connectivity index (χ0) is 7.40. The molecule has 0 saturated carbocycles. The Morgan fingerprint density at radius 1 is 1.40 bits per heavy atom. The van der Waals surface area contributed by atoms with E-state index in [0.717, 1.165) is 11.1 Å². The highest BCUT2D eigenvalue weighted by Crippen LogP contribution is 2.14. The molecule has 1 N–H and O–H groups in total. The van der Waals surface area contributed by atoms with Crippen molar-refractivity contribution in [2.75, 3.05) is 7.11 Å². The van der Waals surface area contributed by atoms with E-state index in [-0.39, 0.29) is 8.81 Å². The lowest BCUT2D eigenvalue weighted by atomic mass is 10.3. The number of benzene rings is 1. The van der Waals surface area contributed by atoms with E-state index in [9.17, 15) is 0 Å². The van der Waals surface area contributed by atoms with Crippen molar-refractivity contribution in [3.05, 3.63) is 24.3 Å². The van der Waals surface area contributed by atoms with Crippen LogP contribution in [0.2, 0.25) is 0 Å². The van der Waals surface area contributed by atoms with Crippen molar-refractivity contribution >= 4 is 14.1 Å². The normalized spacial score (nSPS) is 10.6. The van der Waals surface area contributed by atoms with Crippen molar-refractivity contribution in [1.29, 1.82) is 0 Å². The Labute approximate surface area is 61.7 Å². The van der Waals surface area contributed by atoms with Crippen LogP contribution in [0.5, 0.6) is 5.75 Å². The van der Waals surface area contributed by atoms with E-state index in [2.05, 4.69) is 0 Å². The second-order valence-electron chi connectivity index (χ2n) is 1.81. The number of hydrogen-bond donors (Lipinski definition) is 1. The van der Waals surface area contributed by atoms with Crippen molar-refractivity contribution in [3.8, 4) is 5.75 Å². The lowest BCUT2D eigenvalue weighted by Crippen LogP contribution is -1.98. The van der Waals surface area contributed by atoms with E-state index in [1.165, 1.54) is 0 Å². The molecule has 0 saturated heterocycles. The highest BCUT2D eigenvalue weighted by molar-refractivity contribution is 7.41. The zero-order valence-electron chi connectivity index (χ0n) is 5.66. The fraction of sp³-hybridized carbons (Fsp3) is 0.143. The number of para-hydroxylation sites is 1. The maximum absolute atomic E-state index is 8.80. The summed E-state index contributed by atoms with van der Waals surface area (Å²) in [5.41, 5.74) is 0. The molecule has 1 aromatic carbocycles. The second-order valence-corrected chi connectivity index (χ2v) is 2.57. The highest BCUT2D eigenvalue weighted by Gasteiger charge is 1.97. The molecule has 3 heteroatoms. The van der Waals surface area contributed by atoms with Crippen molar-refractivity contribution < 1.29 is 9.63 Å². The minimum atomic E-state index is -0.189. The van der Waals surface area contributed by atoms with Crippen LogP contribution in [0.3, 0.4) is 0 Å². The maximum atomic E-state index is 8.80. The molecule has 0 aliphatic carbocycles. The van der Waals surface area contributed by atoms with Gasteiger partial charge < -0.3 is 9.63 Å². The third-order valence-electron chi connectivity index (χ3n) is 1.23. The van der Waals surface area contributed by atoms with Gasteiger partial charge in [-0.15, -0.1) is 0 Å². The third-order valence-corrected chi connectivity index (χ3v) is 1.88. The van der Waals surface area contributed by atoms with Gasteiger partial charge in [0.15, 0.2) is 0 Å². The number of methoxy groups -OCH3 is 1. The average Bonchev–Trinajstić information content (AvgIpc) is 2.04. The van der Waals surface area contributed by atoms with Crippen molar-refractivity contribution in [2.24, 2.45) is 0 Å². The fourth-order valence-electron chi connectivity index (χ4n) is 0.737. The molecule has 0 heterocycles. The molecule has 1 rings (SSSR count). The predicted molar refractivity (Wildman–Crippen MR) is 43.2 cm³/mol. The number of rotatable bonds is 2. The molecule has 54 valence electrons. The van der Waals surface area contributed by atoms with Crippen LogP contribution in [-0.4, -0.2) is 12.0 Å². The van der Waals surface area contributed by atoms with Crippen LogP contribution in [0.4, 0.5) is 0 Å². The molecule has 0 radical (unpaired) electrons. The summed E-state index contributed by atoms with van der Waals surface area (Å²) in [6.45, 7) is 0. The summed E-state index contributed by atoms with van der Waals surface area (Å²) in [7, 11) is 1.41. The summed E-state index contributed by atoms with van der Waals surface area (Å²) in [4.78, 5) is 8.80. The molecule has 0 aliphatic rings. The van der Waals surface area contributed by atoms with E-state index in [1.807, 2.05) is 24.3 Å². The largest absolute Gasteiger partial charge is 0.496 e. The molecule has 1 aromatic rings. The Bertz CT molecular complexity index is 190. The van der Waals surface area contributed by atoms with Crippen LogP contribution in [0, 0.1) is 0 Å². The van der Waals surface area contributed by atoms with Gasteiger partial charge >= 0.3 is 0 Å². The molecular formula is C7H9O2P. The standard InChI is InChI=1S/C7H9O2P/c1-9-6-4-2-3-5-7(6)10-8/h2-5,8,10H,1H3. The molecule has 0 bridgehead atoms. The molecule has 2 nitrogen and oxygen atoms in total. The summed E-state index contributed by atoms with van der Waals surface area (Å²) >= 11 is 0.